The molecule has 0 fully saturated rings. The van der Waals surface area contributed by atoms with E-state index in [1.54, 1.807) is 0 Å². The molecule has 1 N–H and O–H groups in total. The number of anilines is 2. The first-order valence-corrected chi connectivity index (χ1v) is 9.63. The van der Waals surface area contributed by atoms with Gasteiger partial charge in [-0.1, -0.05) is 74.5 Å². The van der Waals surface area contributed by atoms with Crippen LogP contribution in [-0.2, 0) is 5.41 Å². The van der Waals surface area contributed by atoms with Crippen LogP contribution in [0.3, 0.4) is 0 Å². The number of hydrogen-bond acceptors (Lipinski definition) is 1. The van der Waals surface area contributed by atoms with Gasteiger partial charge in [-0.2, -0.15) is 0 Å². The van der Waals surface area contributed by atoms with Gasteiger partial charge in [0.2, 0.25) is 0 Å². The van der Waals surface area contributed by atoms with Crippen molar-refractivity contribution in [1.82, 2.24) is 0 Å². The predicted molar refractivity (Wildman–Crippen MR) is 117 cm³/mol. The molecule has 0 spiro atoms. The van der Waals surface area contributed by atoms with Crippen molar-refractivity contribution in [3.63, 3.8) is 0 Å². The number of rotatable bonds is 3. The summed E-state index contributed by atoms with van der Waals surface area (Å²) in [4.78, 5) is 0. The Morgan fingerprint density at radius 1 is 0.714 bits per heavy atom. The van der Waals surface area contributed by atoms with E-state index >= 15 is 0 Å². The smallest absolute Gasteiger partial charge is 0.0387 e. The number of hydrogen-bond donors (Lipinski definition) is 1. The van der Waals surface area contributed by atoms with Crippen LogP contribution < -0.4 is 5.32 Å². The maximum atomic E-state index is 3.56. The Balaban J connectivity index is 1.44. The average Bonchev–Trinajstić information content (AvgIpc) is 2.97. The lowest BCUT2D eigenvalue weighted by Gasteiger charge is -2.22. The monoisotopic (exact) mass is 359 g/mol. The molecule has 0 saturated carbocycles. The lowest BCUT2D eigenvalue weighted by molar-refractivity contribution is 0.660. The Hall–Kier alpha value is -3.50. The van der Waals surface area contributed by atoms with Crippen molar-refractivity contribution in [1.29, 1.82) is 0 Å². The minimum Gasteiger partial charge on any atom is -0.356 e. The first-order chi connectivity index (χ1) is 13.6. The van der Waals surface area contributed by atoms with E-state index in [-0.39, 0.29) is 5.41 Å². The molecule has 5 rings (SSSR count). The molecule has 0 saturated heterocycles. The summed E-state index contributed by atoms with van der Waals surface area (Å²) in [6.45, 7) is 4.62. The van der Waals surface area contributed by atoms with Crippen LogP contribution in [0.5, 0.6) is 0 Å². The van der Waals surface area contributed by atoms with Crippen molar-refractivity contribution in [2.24, 2.45) is 0 Å². The summed E-state index contributed by atoms with van der Waals surface area (Å²) in [5.74, 6) is 0. The van der Waals surface area contributed by atoms with Gasteiger partial charge in [0.25, 0.3) is 0 Å². The van der Waals surface area contributed by atoms with E-state index in [2.05, 4.69) is 104 Å². The first-order valence-electron chi connectivity index (χ1n) is 9.63. The normalized spacial score (nSPS) is 13.4. The number of fused-ring (bicyclic) bond motifs is 3. The predicted octanol–water partition coefficient (Wildman–Crippen LogP) is 7.00. The van der Waals surface area contributed by atoms with E-state index in [0.717, 1.165) is 22.5 Å². The van der Waals surface area contributed by atoms with Gasteiger partial charge in [0.15, 0.2) is 0 Å². The highest BCUT2D eigenvalue weighted by molar-refractivity contribution is 5.83. The molecule has 0 bridgehead atoms. The highest BCUT2D eigenvalue weighted by Gasteiger charge is 2.35. The van der Waals surface area contributed by atoms with Crippen LogP contribution in [0.15, 0.2) is 84.9 Å². The zero-order valence-corrected chi connectivity index (χ0v) is 16.1. The molecule has 0 amide bonds. The minimum atomic E-state index is 0.0210. The van der Waals surface area contributed by atoms with E-state index in [1.807, 2.05) is 12.1 Å². The van der Waals surface area contributed by atoms with Gasteiger partial charge in [-0.05, 0) is 64.2 Å². The Morgan fingerprint density at radius 3 is 2.25 bits per heavy atom. The highest BCUT2D eigenvalue weighted by atomic mass is 14.9. The molecule has 0 atom stereocenters. The van der Waals surface area contributed by atoms with Gasteiger partial charge < -0.3 is 5.32 Å². The van der Waals surface area contributed by atoms with Crippen molar-refractivity contribution in [3.8, 4) is 22.3 Å². The molecule has 1 nitrogen and oxygen atoms in total. The third-order valence-corrected chi connectivity index (χ3v) is 5.72. The number of benzene rings is 3. The van der Waals surface area contributed by atoms with Gasteiger partial charge in [0.1, 0.15) is 0 Å². The van der Waals surface area contributed by atoms with Crippen molar-refractivity contribution in [2.75, 3.05) is 5.32 Å². The van der Waals surface area contributed by atoms with Crippen LogP contribution in [0.2, 0.25) is 0 Å². The Kier molecular flexibility index (Phi) is 3.74. The fourth-order valence-electron chi connectivity index (χ4n) is 4.20. The largest absolute Gasteiger partial charge is 0.356 e. The topological polar surface area (TPSA) is 12.0 Å². The third-order valence-electron chi connectivity index (χ3n) is 5.72. The van der Waals surface area contributed by atoms with Crippen LogP contribution >= 0.6 is 0 Å². The molecule has 1 heteroatoms. The second kappa shape index (κ2) is 6.29. The van der Waals surface area contributed by atoms with E-state index in [1.165, 1.54) is 22.3 Å². The maximum Gasteiger partial charge on any atom is 0.0387 e. The second-order valence-electron chi connectivity index (χ2n) is 7.84. The summed E-state index contributed by atoms with van der Waals surface area (Å²) in [6.07, 6.45) is 0. The molecule has 28 heavy (non-hydrogen) atoms. The van der Waals surface area contributed by atoms with Gasteiger partial charge in [-0.3, -0.25) is 0 Å². The lowest BCUT2D eigenvalue weighted by atomic mass is 9.82. The van der Waals surface area contributed by atoms with Gasteiger partial charge >= 0.3 is 0 Å². The molecular formula is C27H21N. The Morgan fingerprint density at radius 2 is 1.46 bits per heavy atom. The summed E-state index contributed by atoms with van der Waals surface area (Å²) in [5.41, 5.74) is 9.91. The summed E-state index contributed by atoms with van der Waals surface area (Å²) in [7, 11) is 0. The molecule has 0 aromatic heterocycles. The van der Waals surface area contributed by atoms with Gasteiger partial charge in [-0.25, -0.2) is 0 Å². The van der Waals surface area contributed by atoms with Gasteiger partial charge in [-0.15, -0.1) is 0 Å². The van der Waals surface area contributed by atoms with Crippen LogP contribution in [0, 0.1) is 12.1 Å². The quantitative estimate of drug-likeness (QED) is 0.415. The fraction of sp³-hybridized carbons (Fsp3) is 0.111. The zero-order valence-electron chi connectivity index (χ0n) is 16.1. The molecule has 134 valence electrons. The Labute approximate surface area is 166 Å². The van der Waals surface area contributed by atoms with Crippen molar-refractivity contribution in [3.05, 3.63) is 108 Å². The highest BCUT2D eigenvalue weighted by Crippen LogP contribution is 2.49. The summed E-state index contributed by atoms with van der Waals surface area (Å²) >= 11 is 0. The van der Waals surface area contributed by atoms with Gasteiger partial charge in [0, 0.05) is 22.4 Å². The maximum absolute atomic E-state index is 3.56. The third kappa shape index (κ3) is 2.66. The molecule has 1 aliphatic rings. The fourth-order valence-corrected chi connectivity index (χ4v) is 4.20. The van der Waals surface area contributed by atoms with E-state index < -0.39 is 0 Å². The van der Waals surface area contributed by atoms with E-state index in [9.17, 15) is 0 Å². The standard InChI is InChI=1S/C27H21N/c1-27(2)25-11-7-6-10-23(25)24-17-16-22(18-26(24)27)28-21-14-12-20(13-15-21)19-8-4-3-5-9-19/h3-4,6-8,10-18,28H,1-2H3. The van der Waals surface area contributed by atoms with E-state index in [4.69, 9.17) is 0 Å². The molecule has 0 radical (unpaired) electrons. The zero-order chi connectivity index (χ0) is 19.1. The van der Waals surface area contributed by atoms with Crippen molar-refractivity contribution >= 4 is 11.4 Å². The minimum absolute atomic E-state index is 0.0210. The SMILES string of the molecule is CC1(C)c2ccccc2-c2ccc(Nc3ccc(-c4c#cccc4)cc3)cc21. The lowest BCUT2D eigenvalue weighted by Crippen LogP contribution is -2.15. The average molecular weight is 359 g/mol. The molecule has 0 aliphatic heterocycles. The van der Waals surface area contributed by atoms with Crippen LogP contribution in [-0.4, -0.2) is 0 Å². The second-order valence-corrected chi connectivity index (χ2v) is 7.84. The van der Waals surface area contributed by atoms with Gasteiger partial charge in [0.05, 0.1) is 0 Å². The molecule has 4 aromatic carbocycles. The van der Waals surface area contributed by atoms with E-state index in [0.29, 0.717) is 0 Å². The molecule has 0 unspecified atom stereocenters. The molecule has 1 aliphatic carbocycles. The van der Waals surface area contributed by atoms with Crippen molar-refractivity contribution in [2.45, 2.75) is 19.3 Å². The first kappa shape index (κ1) is 16.7. The van der Waals surface area contributed by atoms with Crippen LogP contribution in [0.1, 0.15) is 25.0 Å². The van der Waals surface area contributed by atoms with Crippen LogP contribution in [0.25, 0.3) is 22.3 Å². The Bertz CT molecular complexity index is 1140. The summed E-state index contributed by atoms with van der Waals surface area (Å²) in [5, 5.41) is 3.56. The van der Waals surface area contributed by atoms with Crippen molar-refractivity contribution < 1.29 is 0 Å². The summed E-state index contributed by atoms with van der Waals surface area (Å²) in [6, 6.07) is 36.0. The molecule has 0 heterocycles. The van der Waals surface area contributed by atoms with Crippen LogP contribution in [0.4, 0.5) is 11.4 Å². The number of nitrogens with one attached hydrogen (secondary N) is 1. The molecule has 4 aromatic rings. The summed E-state index contributed by atoms with van der Waals surface area (Å²) < 4.78 is 0. The molecular weight excluding hydrogens is 338 g/mol.